The lowest BCUT2D eigenvalue weighted by Gasteiger charge is -2.14. The molecule has 22 heavy (non-hydrogen) atoms. The molecule has 2 aromatic carbocycles. The molecule has 0 atom stereocenters. The molecule has 5 heteroatoms. The van der Waals surface area contributed by atoms with Gasteiger partial charge in [-0.2, -0.15) is 0 Å². The number of benzene rings is 2. The van der Waals surface area contributed by atoms with Crippen LogP contribution in [0.3, 0.4) is 0 Å². The van der Waals surface area contributed by atoms with Gasteiger partial charge in [0, 0.05) is 37.3 Å². The lowest BCUT2D eigenvalue weighted by Crippen LogP contribution is -2.35. The predicted octanol–water partition coefficient (Wildman–Crippen LogP) is 1.34. The molecular formula is C17H22N2O3. The van der Waals surface area contributed by atoms with E-state index in [1.807, 2.05) is 24.3 Å². The summed E-state index contributed by atoms with van der Waals surface area (Å²) in [5.74, 6) is 0.504. The van der Waals surface area contributed by atoms with E-state index in [-0.39, 0.29) is 11.5 Å². The fourth-order valence-corrected chi connectivity index (χ4v) is 2.14. The van der Waals surface area contributed by atoms with Crippen LogP contribution in [0, 0.1) is 0 Å². The maximum absolute atomic E-state index is 9.89. The van der Waals surface area contributed by atoms with Gasteiger partial charge in [-0.15, -0.1) is 0 Å². The highest BCUT2D eigenvalue weighted by Crippen LogP contribution is 2.15. The van der Waals surface area contributed by atoms with Gasteiger partial charge in [0.2, 0.25) is 0 Å². The average Bonchev–Trinajstić information content (AvgIpc) is 2.51. The molecule has 5 N–H and O–H groups in total. The highest BCUT2D eigenvalue weighted by Gasteiger charge is 2.05. The highest BCUT2D eigenvalue weighted by atomic mass is 16.3. The van der Waals surface area contributed by atoms with Gasteiger partial charge < -0.3 is 26.0 Å². The highest BCUT2D eigenvalue weighted by molar-refractivity contribution is 5.32. The molecule has 0 radical (unpaired) electrons. The summed E-state index contributed by atoms with van der Waals surface area (Å²) in [7, 11) is 0. The van der Waals surface area contributed by atoms with Gasteiger partial charge in [-0.3, -0.25) is 0 Å². The maximum atomic E-state index is 9.89. The summed E-state index contributed by atoms with van der Waals surface area (Å²) in [5, 5.41) is 35.4. The molecule has 0 saturated heterocycles. The van der Waals surface area contributed by atoms with Crippen LogP contribution in [0.2, 0.25) is 0 Å². The number of aliphatic hydroxyl groups excluding tert-OH is 1. The van der Waals surface area contributed by atoms with Crippen molar-refractivity contribution in [3.05, 3.63) is 59.7 Å². The number of phenols is 2. The number of aromatic hydroxyl groups is 2. The number of hydrogen-bond donors (Lipinski definition) is 5. The zero-order chi connectivity index (χ0) is 15.8. The number of aliphatic hydroxyl groups is 1. The van der Waals surface area contributed by atoms with Gasteiger partial charge in [-0.25, -0.2) is 0 Å². The van der Waals surface area contributed by atoms with E-state index in [0.29, 0.717) is 26.2 Å². The van der Waals surface area contributed by atoms with Crippen LogP contribution in [0.5, 0.6) is 11.5 Å². The van der Waals surface area contributed by atoms with Gasteiger partial charge in [0.1, 0.15) is 11.5 Å². The Hall–Kier alpha value is -2.08. The number of nitrogens with one attached hydrogen (secondary N) is 2. The van der Waals surface area contributed by atoms with Crippen LogP contribution in [-0.2, 0) is 13.1 Å². The zero-order valence-corrected chi connectivity index (χ0v) is 12.4. The molecule has 0 heterocycles. The summed E-state index contributed by atoms with van der Waals surface area (Å²) in [6, 6.07) is 14.2. The molecule has 0 amide bonds. The van der Waals surface area contributed by atoms with E-state index < -0.39 is 6.10 Å². The van der Waals surface area contributed by atoms with E-state index in [1.165, 1.54) is 0 Å². The third-order valence-corrected chi connectivity index (χ3v) is 3.37. The second kappa shape index (κ2) is 8.38. The molecule has 0 spiro atoms. The quantitative estimate of drug-likeness (QED) is 0.508. The smallest absolute Gasteiger partial charge is 0.120 e. The molecule has 0 aromatic heterocycles. The fraction of sp³-hybridized carbons (Fsp3) is 0.294. The largest absolute Gasteiger partial charge is 0.508 e. The van der Waals surface area contributed by atoms with E-state index in [0.717, 1.165) is 11.1 Å². The molecule has 2 aromatic rings. The van der Waals surface area contributed by atoms with E-state index in [2.05, 4.69) is 10.6 Å². The molecule has 0 aliphatic heterocycles. The van der Waals surface area contributed by atoms with Crippen molar-refractivity contribution < 1.29 is 15.3 Å². The van der Waals surface area contributed by atoms with Crippen LogP contribution in [0.1, 0.15) is 11.1 Å². The monoisotopic (exact) mass is 302 g/mol. The summed E-state index contributed by atoms with van der Waals surface area (Å²) in [5.41, 5.74) is 1.61. The molecule has 0 unspecified atom stereocenters. The average molecular weight is 302 g/mol. The summed E-state index contributed by atoms with van der Waals surface area (Å²) in [4.78, 5) is 0. The van der Waals surface area contributed by atoms with Crippen LogP contribution in [0.25, 0.3) is 0 Å². The Balaban J connectivity index is 1.65. The Kier molecular flexibility index (Phi) is 6.21. The number of para-hydroxylation sites is 2. The fourth-order valence-electron chi connectivity index (χ4n) is 2.14. The molecule has 0 aliphatic rings. The molecular weight excluding hydrogens is 280 g/mol. The topological polar surface area (TPSA) is 84.8 Å². The molecule has 2 rings (SSSR count). The lowest BCUT2D eigenvalue weighted by atomic mass is 10.2. The van der Waals surface area contributed by atoms with Crippen molar-refractivity contribution in [1.82, 2.24) is 10.6 Å². The van der Waals surface area contributed by atoms with E-state index in [9.17, 15) is 15.3 Å². The Morgan fingerprint density at radius 1 is 0.727 bits per heavy atom. The first kappa shape index (κ1) is 16.3. The molecule has 0 saturated carbocycles. The standard InChI is InChI=1S/C17H22N2O3/c20-15(11-18-9-13-5-1-3-7-16(13)21)12-19-10-14-6-2-4-8-17(14)22/h1-8,15,18-22H,9-12H2. The van der Waals surface area contributed by atoms with Crippen molar-refractivity contribution in [3.8, 4) is 11.5 Å². The minimum Gasteiger partial charge on any atom is -0.508 e. The second-order valence-corrected chi connectivity index (χ2v) is 5.17. The Labute approximate surface area is 130 Å². The van der Waals surface area contributed by atoms with Crippen LogP contribution in [0.4, 0.5) is 0 Å². The zero-order valence-electron chi connectivity index (χ0n) is 12.4. The van der Waals surface area contributed by atoms with Gasteiger partial charge in [-0.1, -0.05) is 36.4 Å². The van der Waals surface area contributed by atoms with E-state index in [4.69, 9.17) is 0 Å². The summed E-state index contributed by atoms with van der Waals surface area (Å²) in [6.45, 7) is 1.84. The van der Waals surface area contributed by atoms with Crippen molar-refractivity contribution >= 4 is 0 Å². The summed E-state index contributed by atoms with van der Waals surface area (Å²) >= 11 is 0. The first-order valence-corrected chi connectivity index (χ1v) is 7.30. The molecule has 5 nitrogen and oxygen atoms in total. The van der Waals surface area contributed by atoms with Crippen LogP contribution < -0.4 is 10.6 Å². The van der Waals surface area contributed by atoms with Gasteiger partial charge >= 0.3 is 0 Å². The number of rotatable bonds is 8. The molecule has 0 bridgehead atoms. The van der Waals surface area contributed by atoms with Crippen molar-refractivity contribution in [1.29, 1.82) is 0 Å². The Bertz CT molecular complexity index is 538. The molecule has 118 valence electrons. The SMILES string of the molecule is Oc1ccccc1CNCC(O)CNCc1ccccc1O. The van der Waals surface area contributed by atoms with Crippen LogP contribution >= 0.6 is 0 Å². The first-order chi connectivity index (χ1) is 10.7. The first-order valence-electron chi connectivity index (χ1n) is 7.30. The maximum Gasteiger partial charge on any atom is 0.120 e. The molecule has 0 aliphatic carbocycles. The van der Waals surface area contributed by atoms with Crippen molar-refractivity contribution in [2.75, 3.05) is 13.1 Å². The lowest BCUT2D eigenvalue weighted by molar-refractivity contribution is 0.167. The van der Waals surface area contributed by atoms with E-state index in [1.54, 1.807) is 24.3 Å². The normalized spacial score (nSPS) is 11.0. The van der Waals surface area contributed by atoms with Gasteiger partial charge in [-0.05, 0) is 12.1 Å². The Morgan fingerprint density at radius 3 is 1.55 bits per heavy atom. The third kappa shape index (κ3) is 5.04. The summed E-state index contributed by atoms with van der Waals surface area (Å²) in [6.07, 6.45) is -0.545. The molecule has 0 fully saturated rings. The van der Waals surface area contributed by atoms with E-state index >= 15 is 0 Å². The number of phenolic OH excluding ortho intramolecular Hbond substituents is 2. The van der Waals surface area contributed by atoms with Crippen LogP contribution in [-0.4, -0.2) is 34.5 Å². The predicted molar refractivity (Wildman–Crippen MR) is 85.6 cm³/mol. The van der Waals surface area contributed by atoms with Crippen molar-refractivity contribution in [2.45, 2.75) is 19.2 Å². The van der Waals surface area contributed by atoms with Gasteiger partial charge in [0.15, 0.2) is 0 Å². The van der Waals surface area contributed by atoms with Crippen LogP contribution in [0.15, 0.2) is 48.5 Å². The van der Waals surface area contributed by atoms with Crippen molar-refractivity contribution in [2.24, 2.45) is 0 Å². The minimum absolute atomic E-state index is 0.252. The second-order valence-electron chi connectivity index (χ2n) is 5.17. The third-order valence-electron chi connectivity index (χ3n) is 3.37. The number of hydrogen-bond acceptors (Lipinski definition) is 5. The minimum atomic E-state index is -0.545. The van der Waals surface area contributed by atoms with Crippen molar-refractivity contribution in [3.63, 3.8) is 0 Å². The Morgan fingerprint density at radius 2 is 1.14 bits per heavy atom. The summed E-state index contributed by atoms with van der Waals surface area (Å²) < 4.78 is 0. The van der Waals surface area contributed by atoms with Gasteiger partial charge in [0.05, 0.1) is 6.10 Å². The van der Waals surface area contributed by atoms with Gasteiger partial charge in [0.25, 0.3) is 0 Å².